The average Bonchev–Trinajstić information content (AvgIpc) is 3.79. The van der Waals surface area contributed by atoms with Gasteiger partial charge in [0.1, 0.15) is 11.2 Å². The molecule has 66 heavy (non-hydrogen) atoms. The molecule has 0 aliphatic carbocycles. The van der Waals surface area contributed by atoms with Gasteiger partial charge >= 0.3 is 0 Å². The minimum absolute atomic E-state index is 0.915. The van der Waals surface area contributed by atoms with Crippen molar-refractivity contribution < 1.29 is 4.42 Å². The smallest absolute Gasteiger partial charge is 0.136 e. The lowest BCUT2D eigenvalue weighted by atomic mass is 9.90. The molecule has 1 heterocycles. The Morgan fingerprint density at radius 1 is 0.258 bits per heavy atom. The van der Waals surface area contributed by atoms with Crippen molar-refractivity contribution in [3.8, 4) is 66.8 Å². The molecule has 12 aromatic rings. The molecule has 0 N–H and O–H groups in total. The van der Waals surface area contributed by atoms with E-state index in [9.17, 15) is 0 Å². The molecule has 2 nitrogen and oxygen atoms in total. The van der Waals surface area contributed by atoms with Crippen LogP contribution in [-0.2, 0) is 0 Å². The number of nitrogens with zero attached hydrogens (tertiary/aromatic N) is 1. The maximum atomic E-state index is 6.23. The summed E-state index contributed by atoms with van der Waals surface area (Å²) in [5.41, 5.74) is 19.2. The van der Waals surface area contributed by atoms with Gasteiger partial charge in [0, 0.05) is 27.7 Å². The highest BCUT2D eigenvalue weighted by Crippen LogP contribution is 2.45. The maximum absolute atomic E-state index is 6.23. The van der Waals surface area contributed by atoms with Crippen LogP contribution >= 0.6 is 0 Å². The van der Waals surface area contributed by atoms with Crippen molar-refractivity contribution in [1.82, 2.24) is 0 Å². The maximum Gasteiger partial charge on any atom is 0.136 e. The first-order valence-electron chi connectivity index (χ1n) is 22.6. The second-order valence-electron chi connectivity index (χ2n) is 16.9. The zero-order valence-corrected chi connectivity index (χ0v) is 36.2. The molecule has 310 valence electrons. The molecular weight excluding hydrogens is 799 g/mol. The Bertz CT molecular complexity index is 3670. The summed E-state index contributed by atoms with van der Waals surface area (Å²) in [5.74, 6) is 0. The van der Waals surface area contributed by atoms with E-state index < -0.39 is 0 Å². The molecular formula is C64H43NO. The SMILES string of the molecule is c1ccc(-c2ccc(-c3ccccc3N(c3ccc(-c4ccccc4)cc3)c3cccc(-c4ccc(-c5ccc6c(ccc7oc8ccccc8c76)c5)cc4-c4ccccc4)c3)cc2)cc1. The summed E-state index contributed by atoms with van der Waals surface area (Å²) in [4.78, 5) is 2.41. The normalized spacial score (nSPS) is 11.3. The van der Waals surface area contributed by atoms with Crippen molar-refractivity contribution in [2.45, 2.75) is 0 Å². The summed E-state index contributed by atoms with van der Waals surface area (Å²) in [6.45, 7) is 0. The number of para-hydroxylation sites is 2. The van der Waals surface area contributed by atoms with Gasteiger partial charge in [-0.3, -0.25) is 0 Å². The Morgan fingerprint density at radius 2 is 0.803 bits per heavy atom. The summed E-state index contributed by atoms with van der Waals surface area (Å²) in [6.07, 6.45) is 0. The van der Waals surface area contributed by atoms with E-state index in [2.05, 4.69) is 254 Å². The number of furan rings is 1. The predicted octanol–water partition coefficient (Wildman–Crippen LogP) is 18.2. The van der Waals surface area contributed by atoms with E-state index in [1.807, 2.05) is 12.1 Å². The topological polar surface area (TPSA) is 16.4 Å². The van der Waals surface area contributed by atoms with Crippen molar-refractivity contribution in [3.63, 3.8) is 0 Å². The van der Waals surface area contributed by atoms with Gasteiger partial charge in [-0.25, -0.2) is 0 Å². The van der Waals surface area contributed by atoms with Crippen molar-refractivity contribution in [3.05, 3.63) is 261 Å². The second-order valence-corrected chi connectivity index (χ2v) is 16.9. The molecule has 1 aromatic heterocycles. The molecule has 12 rings (SSSR count). The van der Waals surface area contributed by atoms with Crippen LogP contribution in [0.15, 0.2) is 265 Å². The molecule has 0 bridgehead atoms. The third-order valence-electron chi connectivity index (χ3n) is 12.9. The fourth-order valence-electron chi connectivity index (χ4n) is 9.62. The van der Waals surface area contributed by atoms with Crippen LogP contribution < -0.4 is 4.90 Å². The molecule has 0 fully saturated rings. The first kappa shape index (κ1) is 38.9. The first-order valence-corrected chi connectivity index (χ1v) is 22.6. The number of hydrogen-bond donors (Lipinski definition) is 0. The van der Waals surface area contributed by atoms with E-state index in [0.717, 1.165) is 50.3 Å². The van der Waals surface area contributed by atoms with Crippen molar-refractivity contribution in [2.24, 2.45) is 0 Å². The number of benzene rings is 11. The lowest BCUT2D eigenvalue weighted by Gasteiger charge is -2.28. The molecule has 0 unspecified atom stereocenters. The van der Waals surface area contributed by atoms with Gasteiger partial charge in [0.05, 0.1) is 5.69 Å². The molecule has 0 atom stereocenters. The van der Waals surface area contributed by atoms with E-state index in [1.165, 1.54) is 66.2 Å². The van der Waals surface area contributed by atoms with E-state index in [1.54, 1.807) is 0 Å². The molecule has 11 aromatic carbocycles. The fourth-order valence-corrected chi connectivity index (χ4v) is 9.62. The van der Waals surface area contributed by atoms with Crippen molar-refractivity contribution in [1.29, 1.82) is 0 Å². The highest BCUT2D eigenvalue weighted by molar-refractivity contribution is 6.19. The van der Waals surface area contributed by atoms with Gasteiger partial charge in [0.2, 0.25) is 0 Å². The number of fused-ring (bicyclic) bond motifs is 5. The lowest BCUT2D eigenvalue weighted by molar-refractivity contribution is 0.669. The van der Waals surface area contributed by atoms with Crippen LogP contribution in [0.4, 0.5) is 17.1 Å². The van der Waals surface area contributed by atoms with Crippen LogP contribution in [0.3, 0.4) is 0 Å². The van der Waals surface area contributed by atoms with Crippen LogP contribution in [0.5, 0.6) is 0 Å². The van der Waals surface area contributed by atoms with Gasteiger partial charge in [-0.05, 0) is 127 Å². The Balaban J connectivity index is 0.975. The molecule has 0 aliphatic rings. The van der Waals surface area contributed by atoms with Crippen LogP contribution in [0.1, 0.15) is 0 Å². The van der Waals surface area contributed by atoms with Gasteiger partial charge in [-0.1, -0.05) is 206 Å². The van der Waals surface area contributed by atoms with Gasteiger partial charge in [0.25, 0.3) is 0 Å². The van der Waals surface area contributed by atoms with Crippen molar-refractivity contribution >= 4 is 49.8 Å². The Morgan fingerprint density at radius 3 is 1.55 bits per heavy atom. The van der Waals surface area contributed by atoms with E-state index >= 15 is 0 Å². The summed E-state index contributed by atoms with van der Waals surface area (Å²) in [6, 6.07) is 94.0. The highest BCUT2D eigenvalue weighted by Gasteiger charge is 2.20. The summed E-state index contributed by atoms with van der Waals surface area (Å²) < 4.78 is 6.23. The quantitative estimate of drug-likeness (QED) is 0.144. The van der Waals surface area contributed by atoms with Crippen LogP contribution in [0.2, 0.25) is 0 Å². The molecule has 2 heteroatoms. The minimum atomic E-state index is 0.915. The van der Waals surface area contributed by atoms with Gasteiger partial charge in [-0.2, -0.15) is 0 Å². The summed E-state index contributed by atoms with van der Waals surface area (Å²) in [7, 11) is 0. The predicted molar refractivity (Wildman–Crippen MR) is 279 cm³/mol. The van der Waals surface area contributed by atoms with E-state index in [4.69, 9.17) is 4.42 Å². The molecule has 0 aliphatic heterocycles. The third-order valence-corrected chi connectivity index (χ3v) is 12.9. The monoisotopic (exact) mass is 841 g/mol. The largest absolute Gasteiger partial charge is 0.456 e. The number of anilines is 3. The Labute approximate surface area is 384 Å². The lowest BCUT2D eigenvalue weighted by Crippen LogP contribution is -2.11. The van der Waals surface area contributed by atoms with Crippen LogP contribution in [-0.4, -0.2) is 0 Å². The van der Waals surface area contributed by atoms with E-state index in [-0.39, 0.29) is 0 Å². The number of hydrogen-bond acceptors (Lipinski definition) is 2. The summed E-state index contributed by atoms with van der Waals surface area (Å²) in [5, 5.41) is 4.70. The third kappa shape index (κ3) is 7.21. The molecule has 0 saturated heterocycles. The number of rotatable bonds is 9. The zero-order chi connectivity index (χ0) is 43.8. The van der Waals surface area contributed by atoms with Gasteiger partial charge in [0.15, 0.2) is 0 Å². The minimum Gasteiger partial charge on any atom is -0.456 e. The second kappa shape index (κ2) is 16.8. The zero-order valence-electron chi connectivity index (χ0n) is 36.2. The standard InChI is InChI=1S/C64H43NO/c1-4-15-44(16-5-1)46-27-29-49(30-28-46)57-23-10-12-25-61(57)65(54-36-31-47(32-37-54)45-17-6-2-7-18-45)55-22-14-21-52(42-55)56-38-33-51(43-60(56)48-19-8-3-9-20-48)50-34-39-58-53(41-50)35-40-63-64(58)59-24-11-13-26-62(59)66-63/h1-43H. The van der Waals surface area contributed by atoms with Crippen LogP contribution in [0, 0.1) is 0 Å². The average molecular weight is 842 g/mol. The highest BCUT2D eigenvalue weighted by atomic mass is 16.3. The first-order chi connectivity index (χ1) is 32.7. The van der Waals surface area contributed by atoms with E-state index in [0.29, 0.717) is 0 Å². The van der Waals surface area contributed by atoms with Gasteiger partial charge in [-0.15, -0.1) is 0 Å². The summed E-state index contributed by atoms with van der Waals surface area (Å²) >= 11 is 0. The van der Waals surface area contributed by atoms with Crippen molar-refractivity contribution in [2.75, 3.05) is 4.90 Å². The fraction of sp³-hybridized carbons (Fsp3) is 0. The van der Waals surface area contributed by atoms with Crippen LogP contribution in [0.25, 0.3) is 99.5 Å². The molecule has 0 radical (unpaired) electrons. The Hall–Kier alpha value is -8.72. The molecule has 0 amide bonds. The van der Waals surface area contributed by atoms with Gasteiger partial charge < -0.3 is 9.32 Å². The Kier molecular flexibility index (Phi) is 9.89. The molecule has 0 spiro atoms. The molecule has 0 saturated carbocycles.